The third-order valence-electron chi connectivity index (χ3n) is 2.11. The van der Waals surface area contributed by atoms with Gasteiger partial charge in [-0.3, -0.25) is 0 Å². The van der Waals surface area contributed by atoms with Crippen LogP contribution in [0.5, 0.6) is 0 Å². The Kier molecular flexibility index (Phi) is 7.19. The van der Waals surface area contributed by atoms with Gasteiger partial charge in [0.15, 0.2) is 0 Å². The van der Waals surface area contributed by atoms with Crippen molar-refractivity contribution in [1.29, 1.82) is 0 Å². The van der Waals surface area contributed by atoms with Crippen molar-refractivity contribution in [2.45, 2.75) is 25.1 Å². The van der Waals surface area contributed by atoms with Gasteiger partial charge in [-0.1, -0.05) is 0 Å². The molecule has 0 fully saturated rings. The Labute approximate surface area is 103 Å². The van der Waals surface area contributed by atoms with Crippen LogP contribution < -0.4 is 5.73 Å². The van der Waals surface area contributed by atoms with E-state index in [1.807, 2.05) is 0 Å². The van der Waals surface area contributed by atoms with E-state index in [2.05, 4.69) is 4.74 Å². The number of carbonyl (C=O) groups is 1. The Balaban J connectivity index is 3.78. The molecule has 0 spiro atoms. The molecule has 0 amide bonds. The normalized spacial score (nSPS) is 15.2. The van der Waals surface area contributed by atoms with Crippen molar-refractivity contribution >= 4 is 5.97 Å². The molecular formula is C10H18F3NO4. The number of hydrogen-bond acceptors (Lipinski definition) is 5. The fourth-order valence-corrected chi connectivity index (χ4v) is 0.836. The molecule has 0 saturated heterocycles. The molecule has 0 aromatic carbocycles. The molecule has 0 saturated carbocycles. The zero-order chi connectivity index (χ0) is 14.2. The van der Waals surface area contributed by atoms with Crippen LogP contribution in [0.1, 0.15) is 13.3 Å². The highest BCUT2D eigenvalue weighted by Crippen LogP contribution is 2.28. The zero-order valence-corrected chi connectivity index (χ0v) is 10.4. The molecule has 8 heteroatoms. The summed E-state index contributed by atoms with van der Waals surface area (Å²) in [6, 6.07) is 0. The third-order valence-corrected chi connectivity index (χ3v) is 2.11. The summed E-state index contributed by atoms with van der Waals surface area (Å²) >= 11 is 0. The first kappa shape index (κ1) is 17.1. The van der Waals surface area contributed by atoms with Crippen molar-refractivity contribution in [1.82, 2.24) is 0 Å². The molecule has 0 radical (unpaired) electrons. The third kappa shape index (κ3) is 5.65. The largest absolute Gasteiger partial charge is 0.464 e. The number of carbonyl (C=O) groups excluding carboxylic acids is 1. The van der Waals surface area contributed by atoms with Gasteiger partial charge in [-0.25, -0.2) is 4.79 Å². The molecule has 0 bridgehead atoms. The molecule has 0 aliphatic carbocycles. The number of alkyl halides is 3. The van der Waals surface area contributed by atoms with Gasteiger partial charge in [-0.15, -0.1) is 0 Å². The molecule has 1 atom stereocenters. The number of nitrogens with two attached hydrogens (primary N) is 1. The minimum atomic E-state index is -4.83. The fourth-order valence-electron chi connectivity index (χ4n) is 0.836. The van der Waals surface area contributed by atoms with E-state index >= 15 is 0 Å². The van der Waals surface area contributed by atoms with Gasteiger partial charge >= 0.3 is 12.1 Å². The van der Waals surface area contributed by atoms with Crippen LogP contribution in [0.2, 0.25) is 0 Å². The Morgan fingerprint density at radius 3 is 2.28 bits per heavy atom. The summed E-state index contributed by atoms with van der Waals surface area (Å²) in [5.41, 5.74) is 1.89. The summed E-state index contributed by atoms with van der Waals surface area (Å²) in [6.45, 7) is 1.47. The monoisotopic (exact) mass is 273 g/mol. The molecule has 5 nitrogen and oxygen atoms in total. The van der Waals surface area contributed by atoms with E-state index in [4.69, 9.17) is 15.2 Å². The first-order valence-corrected chi connectivity index (χ1v) is 5.33. The van der Waals surface area contributed by atoms with Crippen LogP contribution in [0, 0.1) is 0 Å². The van der Waals surface area contributed by atoms with Crippen LogP contribution in [-0.4, -0.2) is 51.2 Å². The Morgan fingerprint density at radius 2 is 1.78 bits per heavy atom. The molecule has 18 heavy (non-hydrogen) atoms. The molecule has 0 rings (SSSR count). The summed E-state index contributed by atoms with van der Waals surface area (Å²) in [6.07, 6.45) is -4.54. The van der Waals surface area contributed by atoms with Crippen LogP contribution in [0.25, 0.3) is 0 Å². The highest BCUT2D eigenvalue weighted by molar-refractivity contribution is 5.81. The van der Waals surface area contributed by atoms with Crippen molar-refractivity contribution in [2.75, 3.05) is 33.5 Å². The minimum absolute atomic E-state index is 0.172. The van der Waals surface area contributed by atoms with E-state index < -0.39 is 17.7 Å². The lowest BCUT2D eigenvalue weighted by molar-refractivity contribution is -0.202. The maximum Gasteiger partial charge on any atom is 0.416 e. The molecule has 0 aliphatic rings. The number of rotatable bonds is 8. The second-order valence-electron chi connectivity index (χ2n) is 3.79. The highest BCUT2D eigenvalue weighted by Gasteiger charge is 2.55. The molecule has 108 valence electrons. The van der Waals surface area contributed by atoms with Crippen LogP contribution in [0.15, 0.2) is 0 Å². The van der Waals surface area contributed by atoms with Crippen LogP contribution >= 0.6 is 0 Å². The predicted octanol–water partition coefficient (Wildman–Crippen LogP) is 0.862. The molecule has 0 aliphatic heterocycles. The number of ether oxygens (including phenoxy) is 3. The average Bonchev–Trinajstić information content (AvgIpc) is 2.26. The Bertz CT molecular complexity index is 256. The van der Waals surface area contributed by atoms with Gasteiger partial charge in [0.25, 0.3) is 0 Å². The summed E-state index contributed by atoms with van der Waals surface area (Å²) in [5.74, 6) is -1.49. The predicted molar refractivity (Wildman–Crippen MR) is 56.9 cm³/mol. The van der Waals surface area contributed by atoms with Gasteiger partial charge in [-0.05, 0) is 6.92 Å². The average molecular weight is 273 g/mol. The van der Waals surface area contributed by atoms with E-state index in [0.717, 1.165) is 0 Å². The van der Waals surface area contributed by atoms with Crippen molar-refractivity contribution in [3.8, 4) is 0 Å². The second-order valence-corrected chi connectivity index (χ2v) is 3.79. The van der Waals surface area contributed by atoms with Gasteiger partial charge in [0, 0.05) is 20.1 Å². The lowest BCUT2D eigenvalue weighted by atomic mass is 10.0. The molecule has 0 aromatic heterocycles. The minimum Gasteiger partial charge on any atom is -0.464 e. The van der Waals surface area contributed by atoms with Crippen molar-refractivity contribution in [3.05, 3.63) is 0 Å². The SMILES string of the molecule is COCCOCCCOC(=O)C(C)(N)C(F)(F)F. The van der Waals surface area contributed by atoms with Gasteiger partial charge in [-0.2, -0.15) is 13.2 Å². The second kappa shape index (κ2) is 7.55. The zero-order valence-electron chi connectivity index (χ0n) is 10.4. The fraction of sp³-hybridized carbons (Fsp3) is 0.900. The van der Waals surface area contributed by atoms with E-state index in [0.29, 0.717) is 26.6 Å². The molecular weight excluding hydrogens is 255 g/mol. The van der Waals surface area contributed by atoms with E-state index in [9.17, 15) is 18.0 Å². The van der Waals surface area contributed by atoms with Crippen LogP contribution in [0.3, 0.4) is 0 Å². The van der Waals surface area contributed by atoms with Gasteiger partial charge in [0.05, 0.1) is 19.8 Å². The first-order chi connectivity index (χ1) is 8.23. The number of esters is 1. The van der Waals surface area contributed by atoms with E-state index in [1.54, 1.807) is 0 Å². The number of halogens is 3. The summed E-state index contributed by atoms with van der Waals surface area (Å²) in [4.78, 5) is 11.1. The molecule has 2 N–H and O–H groups in total. The standard InChI is InChI=1S/C10H18F3NO4/c1-9(14,10(11,12)13)8(15)18-5-3-4-17-7-6-16-2/h3-7,14H2,1-2H3. The summed E-state index contributed by atoms with van der Waals surface area (Å²) in [5, 5.41) is 0. The van der Waals surface area contributed by atoms with Gasteiger partial charge in [0.2, 0.25) is 5.54 Å². The molecule has 1 unspecified atom stereocenters. The van der Waals surface area contributed by atoms with E-state index in [-0.39, 0.29) is 13.2 Å². The number of methoxy groups -OCH3 is 1. The first-order valence-electron chi connectivity index (χ1n) is 5.33. The lowest BCUT2D eigenvalue weighted by Crippen LogP contribution is -2.57. The number of hydrogen-bond donors (Lipinski definition) is 1. The molecule has 0 heterocycles. The topological polar surface area (TPSA) is 70.8 Å². The van der Waals surface area contributed by atoms with Crippen LogP contribution in [-0.2, 0) is 19.0 Å². The Hall–Kier alpha value is -0.860. The smallest absolute Gasteiger partial charge is 0.416 e. The summed E-state index contributed by atoms with van der Waals surface area (Å²) in [7, 11) is 1.52. The quantitative estimate of drug-likeness (QED) is 0.524. The van der Waals surface area contributed by atoms with Gasteiger partial charge in [0.1, 0.15) is 0 Å². The van der Waals surface area contributed by atoms with Gasteiger partial charge < -0.3 is 19.9 Å². The lowest BCUT2D eigenvalue weighted by Gasteiger charge is -2.25. The van der Waals surface area contributed by atoms with Crippen molar-refractivity contribution in [2.24, 2.45) is 5.73 Å². The molecule has 0 aromatic rings. The highest BCUT2D eigenvalue weighted by atomic mass is 19.4. The Morgan fingerprint density at radius 1 is 1.17 bits per heavy atom. The van der Waals surface area contributed by atoms with Crippen molar-refractivity contribution < 1.29 is 32.2 Å². The maximum absolute atomic E-state index is 12.3. The van der Waals surface area contributed by atoms with Crippen LogP contribution in [0.4, 0.5) is 13.2 Å². The maximum atomic E-state index is 12.3. The van der Waals surface area contributed by atoms with Crippen molar-refractivity contribution in [3.63, 3.8) is 0 Å². The summed E-state index contributed by atoms with van der Waals surface area (Å²) < 4.78 is 51.2. The van der Waals surface area contributed by atoms with E-state index in [1.165, 1.54) is 7.11 Å².